The van der Waals surface area contributed by atoms with Gasteiger partial charge in [-0.2, -0.15) is 0 Å². The Hall–Kier alpha value is -1.32. The summed E-state index contributed by atoms with van der Waals surface area (Å²) in [5, 5.41) is 3.21. The predicted molar refractivity (Wildman–Crippen MR) is 84.9 cm³/mol. The molecule has 1 nitrogen and oxygen atoms in total. The van der Waals surface area contributed by atoms with Crippen LogP contribution in [0.15, 0.2) is 47.4 Å². The smallest absolute Gasteiger partial charge is 0.128 e. The molecule has 0 saturated heterocycles. The van der Waals surface area contributed by atoms with Crippen molar-refractivity contribution < 1.29 is 4.39 Å². The predicted octanol–water partition coefficient (Wildman–Crippen LogP) is 4.55. The minimum absolute atomic E-state index is 0.115. The maximum absolute atomic E-state index is 14.0. The molecule has 0 fully saturated rings. The zero-order valence-electron chi connectivity index (χ0n) is 12.1. The molecule has 1 atom stereocenters. The molecule has 2 aromatic carbocycles. The van der Waals surface area contributed by atoms with E-state index in [1.54, 1.807) is 6.07 Å². The van der Waals surface area contributed by atoms with E-state index in [9.17, 15) is 4.39 Å². The maximum Gasteiger partial charge on any atom is 0.128 e. The van der Waals surface area contributed by atoms with Crippen molar-refractivity contribution in [3.05, 3.63) is 65.0 Å². The van der Waals surface area contributed by atoms with Crippen molar-refractivity contribution in [1.82, 2.24) is 5.32 Å². The summed E-state index contributed by atoms with van der Waals surface area (Å²) < 4.78 is 14.0. The molecule has 0 saturated carbocycles. The lowest BCUT2D eigenvalue weighted by atomic mass is 9.97. The maximum atomic E-state index is 14.0. The van der Waals surface area contributed by atoms with Crippen molar-refractivity contribution in [1.29, 1.82) is 0 Å². The fourth-order valence-electron chi connectivity index (χ4n) is 2.31. The SMILES string of the molecule is CCSc1ccc(C(NC)c2cc(C)ccc2F)cc1. The van der Waals surface area contributed by atoms with Crippen molar-refractivity contribution in [3.63, 3.8) is 0 Å². The van der Waals surface area contributed by atoms with Gasteiger partial charge in [-0.3, -0.25) is 0 Å². The molecule has 2 rings (SSSR count). The number of hydrogen-bond donors (Lipinski definition) is 1. The van der Waals surface area contributed by atoms with Crippen molar-refractivity contribution in [3.8, 4) is 0 Å². The van der Waals surface area contributed by atoms with E-state index in [2.05, 4.69) is 36.5 Å². The molecule has 3 heteroatoms. The summed E-state index contributed by atoms with van der Waals surface area (Å²) in [6, 6.07) is 13.5. The highest BCUT2D eigenvalue weighted by molar-refractivity contribution is 7.99. The average molecular weight is 289 g/mol. The molecule has 0 aliphatic rings. The summed E-state index contributed by atoms with van der Waals surface area (Å²) in [5.41, 5.74) is 2.85. The number of nitrogens with one attached hydrogen (secondary N) is 1. The zero-order chi connectivity index (χ0) is 14.5. The van der Waals surface area contributed by atoms with Crippen LogP contribution in [-0.2, 0) is 0 Å². The molecule has 0 heterocycles. The minimum atomic E-state index is -0.165. The normalized spacial score (nSPS) is 12.4. The van der Waals surface area contributed by atoms with Gasteiger partial charge in [-0.1, -0.05) is 36.8 Å². The van der Waals surface area contributed by atoms with E-state index in [1.807, 2.05) is 31.8 Å². The fourth-order valence-corrected chi connectivity index (χ4v) is 2.97. The van der Waals surface area contributed by atoms with Crippen LogP contribution in [0.5, 0.6) is 0 Å². The summed E-state index contributed by atoms with van der Waals surface area (Å²) >= 11 is 1.81. The Morgan fingerprint density at radius 2 is 1.85 bits per heavy atom. The molecule has 0 amide bonds. The lowest BCUT2D eigenvalue weighted by Crippen LogP contribution is -2.19. The molecule has 0 spiro atoms. The van der Waals surface area contributed by atoms with Crippen LogP contribution in [-0.4, -0.2) is 12.8 Å². The lowest BCUT2D eigenvalue weighted by Gasteiger charge is -2.19. The van der Waals surface area contributed by atoms with Gasteiger partial charge < -0.3 is 5.32 Å². The van der Waals surface area contributed by atoms with E-state index in [1.165, 1.54) is 11.0 Å². The van der Waals surface area contributed by atoms with Crippen LogP contribution in [0.1, 0.15) is 29.7 Å². The molecule has 1 unspecified atom stereocenters. The third-order valence-corrected chi connectivity index (χ3v) is 4.17. The van der Waals surface area contributed by atoms with Gasteiger partial charge in [-0.15, -0.1) is 11.8 Å². The topological polar surface area (TPSA) is 12.0 Å². The molecule has 0 aromatic heterocycles. The van der Waals surface area contributed by atoms with Crippen LogP contribution in [0.3, 0.4) is 0 Å². The highest BCUT2D eigenvalue weighted by atomic mass is 32.2. The molecular weight excluding hydrogens is 269 g/mol. The molecule has 0 radical (unpaired) electrons. The Morgan fingerprint density at radius 1 is 1.15 bits per heavy atom. The van der Waals surface area contributed by atoms with Crippen molar-refractivity contribution >= 4 is 11.8 Å². The second-order valence-electron chi connectivity index (χ2n) is 4.75. The third-order valence-electron chi connectivity index (χ3n) is 3.28. The van der Waals surface area contributed by atoms with Gasteiger partial charge in [0, 0.05) is 10.5 Å². The summed E-state index contributed by atoms with van der Waals surface area (Å²) in [5.74, 6) is 0.892. The molecule has 0 aliphatic heterocycles. The highest BCUT2D eigenvalue weighted by Crippen LogP contribution is 2.27. The second kappa shape index (κ2) is 6.91. The number of thioether (sulfide) groups is 1. The van der Waals surface area contributed by atoms with Crippen LogP contribution in [0, 0.1) is 12.7 Å². The van der Waals surface area contributed by atoms with Crippen molar-refractivity contribution in [2.24, 2.45) is 0 Å². The average Bonchev–Trinajstić information content (AvgIpc) is 2.45. The minimum Gasteiger partial charge on any atom is -0.309 e. The molecule has 2 aromatic rings. The quantitative estimate of drug-likeness (QED) is 0.810. The van der Waals surface area contributed by atoms with Gasteiger partial charge in [0.25, 0.3) is 0 Å². The number of rotatable bonds is 5. The van der Waals surface area contributed by atoms with Crippen molar-refractivity contribution in [2.45, 2.75) is 24.8 Å². The number of halogens is 1. The first-order chi connectivity index (χ1) is 9.65. The summed E-state index contributed by atoms with van der Waals surface area (Å²) in [7, 11) is 1.86. The summed E-state index contributed by atoms with van der Waals surface area (Å²) in [4.78, 5) is 1.25. The third kappa shape index (κ3) is 3.41. The summed E-state index contributed by atoms with van der Waals surface area (Å²) in [6.45, 7) is 4.12. The van der Waals surface area contributed by atoms with Crippen LogP contribution in [0.2, 0.25) is 0 Å². The zero-order valence-corrected chi connectivity index (χ0v) is 12.9. The molecule has 20 heavy (non-hydrogen) atoms. The van der Waals surface area contributed by atoms with E-state index in [-0.39, 0.29) is 11.9 Å². The highest BCUT2D eigenvalue weighted by Gasteiger charge is 2.16. The first-order valence-electron chi connectivity index (χ1n) is 6.81. The van der Waals surface area contributed by atoms with E-state index < -0.39 is 0 Å². The summed E-state index contributed by atoms with van der Waals surface area (Å²) in [6.07, 6.45) is 0. The molecular formula is C17H20FNS. The van der Waals surface area contributed by atoms with E-state index in [0.717, 1.165) is 16.9 Å². The Balaban J connectivity index is 2.34. The van der Waals surface area contributed by atoms with Gasteiger partial charge in [0.15, 0.2) is 0 Å². The lowest BCUT2D eigenvalue weighted by molar-refractivity contribution is 0.575. The molecule has 0 aliphatic carbocycles. The van der Waals surface area contributed by atoms with Gasteiger partial charge in [0.1, 0.15) is 5.82 Å². The Kier molecular flexibility index (Phi) is 5.21. The van der Waals surface area contributed by atoms with Crippen LogP contribution >= 0.6 is 11.8 Å². The largest absolute Gasteiger partial charge is 0.309 e. The van der Waals surface area contributed by atoms with Crippen molar-refractivity contribution in [2.75, 3.05) is 12.8 Å². The molecule has 0 bridgehead atoms. The first kappa shape index (κ1) is 15.1. The van der Waals surface area contributed by atoms with Gasteiger partial charge in [-0.05, 0) is 43.5 Å². The molecule has 106 valence electrons. The van der Waals surface area contributed by atoms with Gasteiger partial charge in [0.2, 0.25) is 0 Å². The van der Waals surface area contributed by atoms with Gasteiger partial charge in [0.05, 0.1) is 6.04 Å². The van der Waals surface area contributed by atoms with E-state index in [0.29, 0.717) is 5.56 Å². The Labute approximate surface area is 124 Å². The molecule has 1 N–H and O–H groups in total. The number of benzene rings is 2. The standard InChI is InChI=1S/C17H20FNS/c1-4-20-14-8-6-13(7-9-14)17(19-3)15-11-12(2)5-10-16(15)18/h5-11,17,19H,4H2,1-3H3. The van der Waals surface area contributed by atoms with Crippen LogP contribution in [0.4, 0.5) is 4.39 Å². The first-order valence-corrected chi connectivity index (χ1v) is 7.80. The van der Waals surface area contributed by atoms with Crippen LogP contribution < -0.4 is 5.32 Å². The van der Waals surface area contributed by atoms with Gasteiger partial charge >= 0.3 is 0 Å². The van der Waals surface area contributed by atoms with Gasteiger partial charge in [-0.25, -0.2) is 4.39 Å². The monoisotopic (exact) mass is 289 g/mol. The van der Waals surface area contributed by atoms with Crippen LogP contribution in [0.25, 0.3) is 0 Å². The Morgan fingerprint density at radius 3 is 2.45 bits per heavy atom. The number of hydrogen-bond acceptors (Lipinski definition) is 2. The Bertz CT molecular complexity index is 566. The number of aryl methyl sites for hydroxylation is 1. The van der Waals surface area contributed by atoms with E-state index in [4.69, 9.17) is 0 Å². The second-order valence-corrected chi connectivity index (χ2v) is 6.09. The fraction of sp³-hybridized carbons (Fsp3) is 0.294. The van der Waals surface area contributed by atoms with E-state index >= 15 is 0 Å².